The molecular formula is C16H13N3S. The Kier molecular flexibility index (Phi) is 3.13. The van der Waals surface area contributed by atoms with E-state index in [-0.39, 0.29) is 0 Å². The third-order valence-corrected chi connectivity index (χ3v) is 3.69. The van der Waals surface area contributed by atoms with Crippen molar-refractivity contribution in [3.63, 3.8) is 0 Å². The van der Waals surface area contributed by atoms with Gasteiger partial charge in [0.2, 0.25) is 0 Å². The summed E-state index contributed by atoms with van der Waals surface area (Å²) in [5.74, 6) is 0. The maximum Gasteiger partial charge on any atom is 0.178 e. The van der Waals surface area contributed by atoms with Gasteiger partial charge in [-0.15, -0.1) is 0 Å². The second-order valence-corrected chi connectivity index (χ2v) is 5.23. The summed E-state index contributed by atoms with van der Waals surface area (Å²) in [6.07, 6.45) is 0. The Morgan fingerprint density at radius 1 is 1.20 bits per heavy atom. The summed E-state index contributed by atoms with van der Waals surface area (Å²) in [6.45, 7) is 2.77. The van der Waals surface area contributed by atoms with Crippen LogP contribution in [0.25, 0.3) is 11.0 Å². The van der Waals surface area contributed by atoms with Crippen molar-refractivity contribution in [2.75, 3.05) is 0 Å². The molecule has 3 rings (SSSR count). The number of rotatable bonds is 2. The number of aryl methyl sites for hydroxylation is 1. The van der Waals surface area contributed by atoms with Gasteiger partial charge in [-0.2, -0.15) is 5.26 Å². The molecule has 0 fully saturated rings. The molecule has 0 atom stereocenters. The van der Waals surface area contributed by atoms with Gasteiger partial charge in [-0.25, -0.2) is 0 Å². The molecule has 0 unspecified atom stereocenters. The van der Waals surface area contributed by atoms with Crippen molar-refractivity contribution >= 4 is 23.3 Å². The molecule has 0 amide bonds. The molecule has 2 aromatic carbocycles. The average Bonchev–Trinajstić information content (AvgIpc) is 2.77. The van der Waals surface area contributed by atoms with Crippen LogP contribution in [0.2, 0.25) is 0 Å². The SMILES string of the molecule is Cc1ccc(Cn2c(=S)[nH]c3ccc(C#N)cc32)cc1. The van der Waals surface area contributed by atoms with E-state index in [0.29, 0.717) is 16.9 Å². The van der Waals surface area contributed by atoms with Crippen LogP contribution in [-0.4, -0.2) is 9.55 Å². The number of nitrogens with zero attached hydrogens (tertiary/aromatic N) is 2. The Bertz CT molecular complexity index is 863. The van der Waals surface area contributed by atoms with Crippen molar-refractivity contribution in [1.29, 1.82) is 5.26 Å². The van der Waals surface area contributed by atoms with E-state index in [1.807, 2.05) is 16.7 Å². The van der Waals surface area contributed by atoms with Crippen LogP contribution in [0.15, 0.2) is 42.5 Å². The summed E-state index contributed by atoms with van der Waals surface area (Å²) < 4.78 is 2.70. The third kappa shape index (κ3) is 2.24. The minimum atomic E-state index is 0.643. The van der Waals surface area contributed by atoms with Crippen molar-refractivity contribution in [2.45, 2.75) is 13.5 Å². The Labute approximate surface area is 122 Å². The topological polar surface area (TPSA) is 44.5 Å². The van der Waals surface area contributed by atoms with Crippen LogP contribution in [0.4, 0.5) is 0 Å². The normalized spacial score (nSPS) is 10.6. The quantitative estimate of drug-likeness (QED) is 0.722. The predicted octanol–water partition coefficient (Wildman–Crippen LogP) is 3.93. The summed E-state index contributed by atoms with van der Waals surface area (Å²) in [4.78, 5) is 3.18. The number of hydrogen-bond donors (Lipinski definition) is 1. The van der Waals surface area contributed by atoms with Crippen LogP contribution in [0.3, 0.4) is 0 Å². The van der Waals surface area contributed by atoms with Gasteiger partial charge < -0.3 is 9.55 Å². The summed E-state index contributed by atoms with van der Waals surface area (Å²) in [5.41, 5.74) is 5.00. The highest BCUT2D eigenvalue weighted by Gasteiger charge is 2.06. The highest BCUT2D eigenvalue weighted by molar-refractivity contribution is 7.71. The molecule has 0 aliphatic heterocycles. The number of nitrogens with one attached hydrogen (secondary N) is 1. The van der Waals surface area contributed by atoms with E-state index in [2.05, 4.69) is 42.2 Å². The van der Waals surface area contributed by atoms with Crippen LogP contribution in [0.5, 0.6) is 0 Å². The second-order valence-electron chi connectivity index (χ2n) is 4.85. The lowest BCUT2D eigenvalue weighted by molar-refractivity contribution is 0.810. The Morgan fingerprint density at radius 3 is 2.65 bits per heavy atom. The molecule has 1 heterocycles. The number of fused-ring (bicyclic) bond motifs is 1. The Morgan fingerprint density at radius 2 is 1.95 bits per heavy atom. The molecule has 0 saturated heterocycles. The zero-order valence-corrected chi connectivity index (χ0v) is 11.9. The van der Waals surface area contributed by atoms with Crippen molar-refractivity contribution in [3.8, 4) is 6.07 Å². The average molecular weight is 279 g/mol. The first-order valence-corrected chi connectivity index (χ1v) is 6.76. The van der Waals surface area contributed by atoms with Crippen molar-refractivity contribution in [1.82, 2.24) is 9.55 Å². The van der Waals surface area contributed by atoms with Gasteiger partial charge in [0, 0.05) is 0 Å². The van der Waals surface area contributed by atoms with Crippen LogP contribution >= 0.6 is 12.2 Å². The summed E-state index contributed by atoms with van der Waals surface area (Å²) in [6, 6.07) is 16.1. The van der Waals surface area contributed by atoms with E-state index >= 15 is 0 Å². The minimum Gasteiger partial charge on any atom is -0.331 e. The van der Waals surface area contributed by atoms with Crippen molar-refractivity contribution in [2.24, 2.45) is 0 Å². The van der Waals surface area contributed by atoms with E-state index in [1.165, 1.54) is 11.1 Å². The van der Waals surface area contributed by atoms with Gasteiger partial charge in [-0.1, -0.05) is 29.8 Å². The molecule has 1 aromatic heterocycles. The Hall–Kier alpha value is -2.38. The number of nitriles is 1. The van der Waals surface area contributed by atoms with Crippen LogP contribution in [0.1, 0.15) is 16.7 Å². The van der Waals surface area contributed by atoms with E-state index in [4.69, 9.17) is 17.5 Å². The van der Waals surface area contributed by atoms with Gasteiger partial charge in [0.05, 0.1) is 29.2 Å². The number of hydrogen-bond acceptors (Lipinski definition) is 2. The fraction of sp³-hybridized carbons (Fsp3) is 0.125. The largest absolute Gasteiger partial charge is 0.331 e. The molecule has 0 aliphatic carbocycles. The molecule has 1 N–H and O–H groups in total. The minimum absolute atomic E-state index is 0.643. The van der Waals surface area contributed by atoms with Crippen LogP contribution in [-0.2, 0) is 6.54 Å². The van der Waals surface area contributed by atoms with Gasteiger partial charge in [0.25, 0.3) is 0 Å². The van der Waals surface area contributed by atoms with Gasteiger partial charge in [0.15, 0.2) is 4.77 Å². The van der Waals surface area contributed by atoms with Crippen LogP contribution in [0, 0.1) is 23.0 Å². The molecule has 20 heavy (non-hydrogen) atoms. The smallest absolute Gasteiger partial charge is 0.178 e. The Balaban J connectivity index is 2.11. The fourth-order valence-corrected chi connectivity index (χ4v) is 2.53. The fourth-order valence-electron chi connectivity index (χ4n) is 2.26. The number of H-pyrrole nitrogens is 1. The molecule has 3 nitrogen and oxygen atoms in total. The molecule has 4 heteroatoms. The molecule has 0 radical (unpaired) electrons. The number of benzene rings is 2. The van der Waals surface area contributed by atoms with E-state index in [0.717, 1.165) is 11.0 Å². The van der Waals surface area contributed by atoms with E-state index in [9.17, 15) is 0 Å². The molecule has 3 aromatic rings. The number of aromatic nitrogens is 2. The second kappa shape index (κ2) is 4.95. The zero-order chi connectivity index (χ0) is 14.1. The van der Waals surface area contributed by atoms with Crippen molar-refractivity contribution in [3.05, 3.63) is 63.9 Å². The van der Waals surface area contributed by atoms with Gasteiger partial charge >= 0.3 is 0 Å². The standard InChI is InChI=1S/C16H13N3S/c1-11-2-4-12(5-3-11)10-19-15-8-13(9-17)6-7-14(15)18-16(19)20/h2-8H,10H2,1H3,(H,18,20). The van der Waals surface area contributed by atoms with Crippen molar-refractivity contribution < 1.29 is 0 Å². The highest BCUT2D eigenvalue weighted by atomic mass is 32.1. The molecule has 0 saturated carbocycles. The first-order chi connectivity index (χ1) is 9.67. The third-order valence-electron chi connectivity index (χ3n) is 3.37. The van der Waals surface area contributed by atoms with Gasteiger partial charge in [-0.05, 0) is 42.9 Å². The lowest BCUT2D eigenvalue weighted by atomic mass is 10.1. The summed E-state index contributed by atoms with van der Waals surface area (Å²) in [5, 5.41) is 9.02. The molecule has 0 aliphatic rings. The highest BCUT2D eigenvalue weighted by Crippen LogP contribution is 2.18. The summed E-state index contributed by atoms with van der Waals surface area (Å²) >= 11 is 5.38. The molecular weight excluding hydrogens is 266 g/mol. The van der Waals surface area contributed by atoms with E-state index in [1.54, 1.807) is 6.07 Å². The van der Waals surface area contributed by atoms with Crippen LogP contribution < -0.4 is 0 Å². The maximum absolute atomic E-state index is 9.02. The lowest BCUT2D eigenvalue weighted by Crippen LogP contribution is -1.99. The monoisotopic (exact) mass is 279 g/mol. The molecule has 0 spiro atoms. The molecule has 98 valence electrons. The van der Waals surface area contributed by atoms with Gasteiger partial charge in [-0.3, -0.25) is 0 Å². The predicted molar refractivity (Wildman–Crippen MR) is 82.1 cm³/mol. The maximum atomic E-state index is 9.02. The zero-order valence-electron chi connectivity index (χ0n) is 11.1. The molecule has 0 bridgehead atoms. The number of aromatic amines is 1. The summed E-state index contributed by atoms with van der Waals surface area (Å²) in [7, 11) is 0. The lowest BCUT2D eigenvalue weighted by Gasteiger charge is -2.05. The first-order valence-electron chi connectivity index (χ1n) is 6.35. The number of imidazole rings is 1. The van der Waals surface area contributed by atoms with Gasteiger partial charge in [0.1, 0.15) is 0 Å². The van der Waals surface area contributed by atoms with E-state index < -0.39 is 0 Å². The first kappa shape index (κ1) is 12.6.